The number of ether oxygens (including phenoxy) is 2. The third kappa shape index (κ3) is 7.65. The van der Waals surface area contributed by atoms with Gasteiger partial charge < -0.3 is 26.7 Å². The molecule has 3 heterocycles. The summed E-state index contributed by atoms with van der Waals surface area (Å²) in [7, 11) is 3.13. The number of benzene rings is 5. The number of rotatable bonds is 8. The number of aromatic nitrogens is 4. The Morgan fingerprint density at radius 2 is 1.27 bits per heavy atom. The molecule has 0 unspecified atom stereocenters. The number of anilines is 2. The van der Waals surface area contributed by atoms with Crippen LogP contribution in [0, 0.1) is 0 Å². The van der Waals surface area contributed by atoms with Crippen LogP contribution in [0.1, 0.15) is 52.6 Å². The third-order valence-corrected chi connectivity index (χ3v) is 8.96. The molecule has 55 heavy (non-hydrogen) atoms. The maximum atomic E-state index is 12.6. The summed E-state index contributed by atoms with van der Waals surface area (Å²) in [6, 6.07) is 31.9. The number of hydrogen-bond donors (Lipinski definition) is 4. The molecule has 2 aromatic heterocycles. The number of H-pyrrole nitrogens is 1. The van der Waals surface area contributed by atoms with Gasteiger partial charge in [0, 0.05) is 17.0 Å². The van der Waals surface area contributed by atoms with Gasteiger partial charge in [0.1, 0.15) is 11.5 Å². The minimum Gasteiger partial charge on any atom is -0.496 e. The lowest BCUT2D eigenvalue weighted by Gasteiger charge is -2.12. The molecule has 0 radical (unpaired) electrons. The van der Waals surface area contributed by atoms with E-state index < -0.39 is 11.8 Å². The smallest absolute Gasteiger partial charge is 0.267 e. The Morgan fingerprint density at radius 1 is 0.727 bits per heavy atom. The van der Waals surface area contributed by atoms with E-state index >= 15 is 0 Å². The Hall–Kier alpha value is -7.19. The number of fused-ring (bicyclic) bond motifs is 3. The number of nitrogen functional groups attached to an aromatic ring is 1. The van der Waals surface area contributed by atoms with E-state index in [0.717, 1.165) is 26.9 Å². The SMILES string of the molecule is COc1cccc2[nH]nc(N3C(=O)c4ccccc4C3=O)c12.COc1cccc2c1c(N)nn2Cc1cccc(C(N)=O)c1.NC(=O)c1cccc(CCl)c1. The summed E-state index contributed by atoms with van der Waals surface area (Å²) >= 11 is 5.55. The Balaban J connectivity index is 0.000000149. The molecule has 0 fully saturated rings. The number of methoxy groups -OCH3 is 2. The van der Waals surface area contributed by atoms with Gasteiger partial charge in [-0.2, -0.15) is 10.2 Å². The fraction of sp³-hybridized carbons (Fsp3) is 0.100. The molecule has 5 aromatic carbocycles. The van der Waals surface area contributed by atoms with Crippen LogP contribution >= 0.6 is 11.6 Å². The Bertz CT molecular complexity index is 2550. The monoisotopic (exact) mass is 758 g/mol. The van der Waals surface area contributed by atoms with Gasteiger partial charge >= 0.3 is 0 Å². The largest absolute Gasteiger partial charge is 0.496 e. The van der Waals surface area contributed by atoms with Crippen molar-refractivity contribution in [2.75, 3.05) is 24.9 Å². The molecule has 7 N–H and O–H groups in total. The molecule has 278 valence electrons. The van der Waals surface area contributed by atoms with E-state index in [2.05, 4.69) is 15.3 Å². The molecule has 14 nitrogen and oxygen atoms in total. The Labute approximate surface area is 319 Å². The summed E-state index contributed by atoms with van der Waals surface area (Å²) in [5.74, 6) is 0.702. The first kappa shape index (κ1) is 37.6. The van der Waals surface area contributed by atoms with E-state index in [1.54, 1.807) is 78.5 Å². The molecule has 1 aliphatic heterocycles. The Kier molecular flexibility index (Phi) is 11.1. The number of imide groups is 1. The number of halogens is 1. The lowest BCUT2D eigenvalue weighted by Crippen LogP contribution is -2.29. The zero-order valence-electron chi connectivity index (χ0n) is 29.7. The maximum Gasteiger partial charge on any atom is 0.267 e. The molecule has 7 aromatic rings. The standard InChI is InChI=1S/C16H16N4O2.C16H11N3O3.C8H8ClNO/c1-22-13-7-3-6-12-14(13)15(17)19-20(12)9-10-4-2-5-11(8-10)16(18)21;1-22-12-8-4-7-11-13(12)14(18-17-11)19-15(20)9-5-2-3-6-10(9)16(19)21;9-5-6-2-1-3-7(4-6)8(10)11/h2-8H,9H2,1H3,(H2,17,19)(H2,18,21);2-8H,1H3,(H,17,18);1-4H,5H2,(H2,10,11). The second-order valence-electron chi connectivity index (χ2n) is 12.1. The molecule has 15 heteroatoms. The van der Waals surface area contributed by atoms with Crippen molar-refractivity contribution in [3.05, 3.63) is 143 Å². The third-order valence-electron chi connectivity index (χ3n) is 8.65. The van der Waals surface area contributed by atoms with Crippen LogP contribution < -0.4 is 31.6 Å². The number of nitrogens with two attached hydrogens (primary N) is 3. The van der Waals surface area contributed by atoms with Crippen LogP contribution in [0.5, 0.6) is 11.5 Å². The minimum atomic E-state index is -0.451. The van der Waals surface area contributed by atoms with Gasteiger partial charge in [0.05, 0.1) is 53.7 Å². The van der Waals surface area contributed by atoms with Gasteiger partial charge in [-0.25, -0.2) is 4.90 Å². The van der Waals surface area contributed by atoms with Crippen molar-refractivity contribution in [2.45, 2.75) is 12.4 Å². The topological polar surface area (TPSA) is 215 Å². The number of carbonyl (C=O) groups is 4. The molecule has 0 spiro atoms. The number of primary amides is 2. The van der Waals surface area contributed by atoms with Gasteiger partial charge in [-0.15, -0.1) is 11.6 Å². The highest BCUT2D eigenvalue weighted by Crippen LogP contribution is 2.36. The average molecular weight is 759 g/mol. The van der Waals surface area contributed by atoms with E-state index in [1.807, 2.05) is 42.5 Å². The van der Waals surface area contributed by atoms with Crippen LogP contribution in [-0.2, 0) is 12.4 Å². The highest BCUT2D eigenvalue weighted by molar-refractivity contribution is 6.35. The molecule has 0 saturated carbocycles. The van der Waals surface area contributed by atoms with E-state index in [4.69, 9.17) is 38.3 Å². The molecule has 0 bridgehead atoms. The van der Waals surface area contributed by atoms with Crippen LogP contribution in [0.25, 0.3) is 21.8 Å². The van der Waals surface area contributed by atoms with Crippen molar-refractivity contribution in [3.63, 3.8) is 0 Å². The second-order valence-corrected chi connectivity index (χ2v) is 12.3. The number of nitrogens with one attached hydrogen (secondary N) is 1. The van der Waals surface area contributed by atoms with Crippen molar-refractivity contribution in [3.8, 4) is 11.5 Å². The highest BCUT2D eigenvalue weighted by atomic mass is 35.5. The minimum absolute atomic E-state index is 0.263. The molecule has 8 rings (SSSR count). The lowest BCUT2D eigenvalue weighted by molar-refractivity contribution is 0.0922. The first-order valence-electron chi connectivity index (χ1n) is 16.7. The van der Waals surface area contributed by atoms with Gasteiger partial charge in [0.15, 0.2) is 11.6 Å². The Morgan fingerprint density at radius 3 is 1.85 bits per heavy atom. The van der Waals surface area contributed by atoms with Gasteiger partial charge in [-0.1, -0.05) is 48.5 Å². The van der Waals surface area contributed by atoms with Crippen LogP contribution in [-0.4, -0.2) is 57.8 Å². The van der Waals surface area contributed by atoms with E-state index in [-0.39, 0.29) is 17.6 Å². The van der Waals surface area contributed by atoms with Crippen molar-refractivity contribution >= 4 is 68.7 Å². The molecular weight excluding hydrogens is 724 g/mol. The molecule has 0 aliphatic carbocycles. The van der Waals surface area contributed by atoms with E-state index in [9.17, 15) is 19.2 Å². The van der Waals surface area contributed by atoms with Gasteiger partial charge in [0.2, 0.25) is 11.8 Å². The maximum absolute atomic E-state index is 12.6. The average Bonchev–Trinajstić information content (AvgIpc) is 3.86. The van der Waals surface area contributed by atoms with Crippen LogP contribution in [0.15, 0.2) is 109 Å². The van der Waals surface area contributed by atoms with Gasteiger partial charge in [-0.05, 0) is 71.8 Å². The molecule has 0 atom stereocenters. The predicted molar refractivity (Wildman–Crippen MR) is 210 cm³/mol. The summed E-state index contributed by atoms with van der Waals surface area (Å²) < 4.78 is 12.4. The number of carbonyl (C=O) groups excluding carboxylic acids is 4. The van der Waals surface area contributed by atoms with Crippen molar-refractivity contribution in [1.82, 2.24) is 20.0 Å². The normalized spacial score (nSPS) is 11.7. The quantitative estimate of drug-likeness (QED) is 0.111. The van der Waals surface area contributed by atoms with Crippen LogP contribution in [0.4, 0.5) is 11.6 Å². The molecule has 0 saturated heterocycles. The fourth-order valence-electron chi connectivity index (χ4n) is 6.06. The predicted octanol–water partition coefficient (Wildman–Crippen LogP) is 5.67. The van der Waals surface area contributed by atoms with E-state index in [1.165, 1.54) is 7.11 Å². The highest BCUT2D eigenvalue weighted by Gasteiger charge is 2.39. The molecule has 4 amide bonds. The molecule has 1 aliphatic rings. The number of hydrogen-bond acceptors (Lipinski definition) is 9. The summed E-state index contributed by atoms with van der Waals surface area (Å²) in [5, 5.41) is 12.7. The zero-order chi connectivity index (χ0) is 39.2. The fourth-order valence-corrected chi connectivity index (χ4v) is 6.22. The second kappa shape index (κ2) is 16.2. The van der Waals surface area contributed by atoms with Crippen molar-refractivity contribution < 1.29 is 28.7 Å². The number of amides is 4. The summed E-state index contributed by atoms with van der Waals surface area (Å²) in [6.07, 6.45) is 0. The number of alkyl halides is 1. The summed E-state index contributed by atoms with van der Waals surface area (Å²) in [6.45, 7) is 0.488. The van der Waals surface area contributed by atoms with Gasteiger partial charge in [0.25, 0.3) is 11.8 Å². The summed E-state index contributed by atoms with van der Waals surface area (Å²) in [5.41, 5.74) is 21.5. The van der Waals surface area contributed by atoms with Crippen molar-refractivity contribution in [2.24, 2.45) is 11.5 Å². The van der Waals surface area contributed by atoms with Crippen LogP contribution in [0.2, 0.25) is 0 Å². The molecular formula is C40H35ClN8O6. The first-order chi connectivity index (χ1) is 26.6. The first-order valence-corrected chi connectivity index (χ1v) is 17.2. The van der Waals surface area contributed by atoms with E-state index in [0.29, 0.717) is 62.9 Å². The summed E-state index contributed by atoms with van der Waals surface area (Å²) in [4.78, 5) is 48.1. The van der Waals surface area contributed by atoms with Gasteiger partial charge in [-0.3, -0.25) is 29.0 Å². The van der Waals surface area contributed by atoms with Crippen LogP contribution in [0.3, 0.4) is 0 Å². The lowest BCUT2D eigenvalue weighted by atomic mass is 10.1. The number of nitrogens with zero attached hydrogens (tertiary/aromatic N) is 4. The number of aromatic amines is 1. The van der Waals surface area contributed by atoms with Crippen molar-refractivity contribution in [1.29, 1.82) is 0 Å². The zero-order valence-corrected chi connectivity index (χ0v) is 30.4.